The first-order valence-electron chi connectivity index (χ1n) is 5.16. The Morgan fingerprint density at radius 2 is 2.14 bits per heavy atom. The number of hydrogen-bond donors (Lipinski definition) is 1. The van der Waals surface area contributed by atoms with Crippen molar-refractivity contribution in [1.82, 2.24) is 10.2 Å². The quantitative estimate of drug-likeness (QED) is 0.594. The Bertz CT molecular complexity index is 157. The molecule has 0 saturated carbocycles. The third kappa shape index (κ3) is 6.13. The fraction of sp³-hybridized carbons (Fsp3) is 0.818. The molecule has 0 radical (unpaired) electrons. The molecule has 0 fully saturated rings. The molecular formula is C11H24N2O. The van der Waals surface area contributed by atoms with Gasteiger partial charge in [-0.3, -0.25) is 4.90 Å². The highest BCUT2D eigenvalue weighted by Gasteiger charge is 2.09. The Kier molecular flexibility index (Phi) is 7.76. The molecule has 84 valence electrons. The Balaban J connectivity index is 3.89. The van der Waals surface area contributed by atoms with Crippen molar-refractivity contribution >= 4 is 0 Å². The lowest BCUT2D eigenvalue weighted by Gasteiger charge is -2.26. The van der Waals surface area contributed by atoms with Crippen LogP contribution in [0.5, 0.6) is 0 Å². The number of ether oxygens (including phenoxy) is 1. The maximum atomic E-state index is 5.08. The van der Waals surface area contributed by atoms with Crippen LogP contribution in [0.1, 0.15) is 13.8 Å². The first-order chi connectivity index (χ1) is 6.61. The van der Waals surface area contributed by atoms with Crippen LogP contribution in [0.15, 0.2) is 12.2 Å². The zero-order valence-electron chi connectivity index (χ0n) is 9.97. The van der Waals surface area contributed by atoms with Gasteiger partial charge in [0, 0.05) is 32.8 Å². The van der Waals surface area contributed by atoms with E-state index in [0.29, 0.717) is 6.04 Å². The van der Waals surface area contributed by atoms with E-state index in [9.17, 15) is 0 Å². The summed E-state index contributed by atoms with van der Waals surface area (Å²) in [6, 6.07) is 0.541. The minimum atomic E-state index is 0.541. The number of hydrogen-bond acceptors (Lipinski definition) is 3. The van der Waals surface area contributed by atoms with Gasteiger partial charge in [-0.1, -0.05) is 6.58 Å². The third-order valence-corrected chi connectivity index (χ3v) is 2.17. The summed E-state index contributed by atoms with van der Waals surface area (Å²) < 4.78 is 5.08. The number of methoxy groups -OCH3 is 1. The summed E-state index contributed by atoms with van der Waals surface area (Å²) in [5, 5.41) is 3.11. The highest BCUT2D eigenvalue weighted by atomic mass is 16.5. The zero-order chi connectivity index (χ0) is 11.0. The van der Waals surface area contributed by atoms with Crippen LogP contribution in [-0.2, 0) is 4.74 Å². The van der Waals surface area contributed by atoms with Gasteiger partial charge in [-0.2, -0.15) is 0 Å². The van der Waals surface area contributed by atoms with Gasteiger partial charge in [-0.15, -0.1) is 0 Å². The standard InChI is InChI=1S/C11H24N2O/c1-10(2)13(6-7-14-5)9-11(3)8-12-4/h10,12H,3,6-9H2,1-2,4-5H3. The molecule has 0 aromatic heterocycles. The molecular weight excluding hydrogens is 176 g/mol. The summed E-state index contributed by atoms with van der Waals surface area (Å²) in [4.78, 5) is 2.36. The second-order valence-corrected chi connectivity index (χ2v) is 3.84. The van der Waals surface area contributed by atoms with Crippen LogP contribution in [0.25, 0.3) is 0 Å². The van der Waals surface area contributed by atoms with Crippen LogP contribution in [0.4, 0.5) is 0 Å². The molecule has 0 unspecified atom stereocenters. The predicted molar refractivity (Wildman–Crippen MR) is 61.7 cm³/mol. The topological polar surface area (TPSA) is 24.5 Å². The first-order valence-corrected chi connectivity index (χ1v) is 5.16. The summed E-state index contributed by atoms with van der Waals surface area (Å²) >= 11 is 0. The lowest BCUT2D eigenvalue weighted by atomic mass is 10.2. The van der Waals surface area contributed by atoms with Gasteiger partial charge in [0.15, 0.2) is 0 Å². The van der Waals surface area contributed by atoms with Crippen LogP contribution in [0.2, 0.25) is 0 Å². The fourth-order valence-corrected chi connectivity index (χ4v) is 1.32. The molecule has 0 heterocycles. The van der Waals surface area contributed by atoms with Gasteiger partial charge >= 0.3 is 0 Å². The van der Waals surface area contributed by atoms with Crippen LogP contribution >= 0.6 is 0 Å². The van der Waals surface area contributed by atoms with E-state index < -0.39 is 0 Å². The van der Waals surface area contributed by atoms with E-state index in [1.54, 1.807) is 7.11 Å². The largest absolute Gasteiger partial charge is 0.383 e. The fourth-order valence-electron chi connectivity index (χ4n) is 1.32. The van der Waals surface area contributed by atoms with Crippen LogP contribution in [-0.4, -0.2) is 51.3 Å². The summed E-state index contributed by atoms with van der Waals surface area (Å²) in [6.45, 7) is 12.0. The number of nitrogens with one attached hydrogen (secondary N) is 1. The van der Waals surface area contributed by atoms with E-state index in [-0.39, 0.29) is 0 Å². The van der Waals surface area contributed by atoms with Crippen molar-refractivity contribution in [3.63, 3.8) is 0 Å². The molecule has 3 nitrogen and oxygen atoms in total. The number of nitrogens with zero attached hydrogens (tertiary/aromatic N) is 1. The van der Waals surface area contributed by atoms with Crippen molar-refractivity contribution in [2.45, 2.75) is 19.9 Å². The monoisotopic (exact) mass is 200 g/mol. The van der Waals surface area contributed by atoms with Crippen molar-refractivity contribution in [2.75, 3.05) is 40.4 Å². The molecule has 0 amide bonds. The second kappa shape index (κ2) is 7.97. The molecule has 0 aromatic rings. The third-order valence-electron chi connectivity index (χ3n) is 2.17. The first kappa shape index (κ1) is 13.6. The Labute approximate surface area is 88.1 Å². The van der Waals surface area contributed by atoms with Crippen molar-refractivity contribution < 1.29 is 4.74 Å². The van der Waals surface area contributed by atoms with Gasteiger partial charge in [-0.05, 0) is 26.5 Å². The summed E-state index contributed by atoms with van der Waals surface area (Å²) in [6.07, 6.45) is 0. The predicted octanol–water partition coefficient (Wildman–Crippen LogP) is 1.12. The van der Waals surface area contributed by atoms with Crippen molar-refractivity contribution in [2.24, 2.45) is 0 Å². The molecule has 0 saturated heterocycles. The smallest absolute Gasteiger partial charge is 0.0589 e. The Morgan fingerprint density at radius 1 is 1.50 bits per heavy atom. The minimum Gasteiger partial charge on any atom is -0.383 e. The molecule has 0 bridgehead atoms. The van der Waals surface area contributed by atoms with E-state index in [1.165, 1.54) is 5.57 Å². The molecule has 1 N–H and O–H groups in total. The summed E-state index contributed by atoms with van der Waals surface area (Å²) in [7, 11) is 3.68. The SMILES string of the molecule is C=C(CNC)CN(CCOC)C(C)C. The number of likely N-dealkylation sites (N-methyl/N-ethyl adjacent to an activating group) is 1. The molecule has 0 rings (SSSR count). The molecule has 0 aliphatic carbocycles. The Morgan fingerprint density at radius 3 is 2.57 bits per heavy atom. The zero-order valence-corrected chi connectivity index (χ0v) is 9.97. The molecule has 0 aliphatic heterocycles. The molecule has 3 heteroatoms. The summed E-state index contributed by atoms with van der Waals surface area (Å²) in [5.41, 5.74) is 1.22. The van der Waals surface area contributed by atoms with Gasteiger partial charge < -0.3 is 10.1 Å². The number of rotatable bonds is 8. The molecule has 0 atom stereocenters. The van der Waals surface area contributed by atoms with E-state index in [4.69, 9.17) is 4.74 Å². The minimum absolute atomic E-state index is 0.541. The Hall–Kier alpha value is -0.380. The maximum absolute atomic E-state index is 5.08. The average molecular weight is 200 g/mol. The molecule has 0 aliphatic rings. The van der Waals surface area contributed by atoms with Gasteiger partial charge in [0.2, 0.25) is 0 Å². The molecule has 14 heavy (non-hydrogen) atoms. The van der Waals surface area contributed by atoms with E-state index in [2.05, 4.69) is 30.6 Å². The summed E-state index contributed by atoms with van der Waals surface area (Å²) in [5.74, 6) is 0. The van der Waals surface area contributed by atoms with Gasteiger partial charge in [-0.25, -0.2) is 0 Å². The maximum Gasteiger partial charge on any atom is 0.0589 e. The van der Waals surface area contributed by atoms with Crippen LogP contribution in [0.3, 0.4) is 0 Å². The molecule has 0 spiro atoms. The highest BCUT2D eigenvalue weighted by molar-refractivity contribution is 4.99. The van der Waals surface area contributed by atoms with Crippen molar-refractivity contribution in [1.29, 1.82) is 0 Å². The normalized spacial score (nSPS) is 11.3. The highest BCUT2D eigenvalue weighted by Crippen LogP contribution is 2.01. The average Bonchev–Trinajstić information content (AvgIpc) is 2.12. The second-order valence-electron chi connectivity index (χ2n) is 3.84. The van der Waals surface area contributed by atoms with Gasteiger partial charge in [0.05, 0.1) is 6.61 Å². The van der Waals surface area contributed by atoms with E-state index in [0.717, 1.165) is 26.2 Å². The van der Waals surface area contributed by atoms with Gasteiger partial charge in [0.1, 0.15) is 0 Å². The van der Waals surface area contributed by atoms with E-state index >= 15 is 0 Å². The van der Waals surface area contributed by atoms with Crippen LogP contribution < -0.4 is 5.32 Å². The van der Waals surface area contributed by atoms with Gasteiger partial charge in [0.25, 0.3) is 0 Å². The van der Waals surface area contributed by atoms with Crippen molar-refractivity contribution in [3.05, 3.63) is 12.2 Å². The van der Waals surface area contributed by atoms with E-state index in [1.807, 2.05) is 7.05 Å². The lowest BCUT2D eigenvalue weighted by Crippen LogP contribution is -2.36. The van der Waals surface area contributed by atoms with Crippen LogP contribution in [0, 0.1) is 0 Å². The molecule has 0 aromatic carbocycles. The lowest BCUT2D eigenvalue weighted by molar-refractivity contribution is 0.136. The van der Waals surface area contributed by atoms with Crippen molar-refractivity contribution in [3.8, 4) is 0 Å².